The highest BCUT2D eigenvalue weighted by Crippen LogP contribution is 2.40. The molecule has 3 nitrogen and oxygen atoms in total. The molecule has 5 unspecified atom stereocenters. The largest absolute Gasteiger partial charge is 0.375 e. The van der Waals surface area contributed by atoms with Crippen molar-refractivity contribution in [3.8, 4) is 0 Å². The Morgan fingerprint density at radius 3 is 2.47 bits per heavy atom. The summed E-state index contributed by atoms with van der Waals surface area (Å²) in [5.74, 6) is 1.06. The summed E-state index contributed by atoms with van der Waals surface area (Å²) in [6.07, 6.45) is 2.63. The number of aromatic nitrogens is 1. The summed E-state index contributed by atoms with van der Waals surface area (Å²) in [5.41, 5.74) is 2.34. The molecule has 106 valence electrons. The first-order valence-corrected chi connectivity index (χ1v) is 7.36. The molecule has 1 aliphatic rings. The molecule has 0 aromatic carbocycles. The number of aryl methyl sites for hydroxylation is 1. The molecule has 2 rings (SSSR count). The fraction of sp³-hybridized carbons (Fsp3) is 0.688. The van der Waals surface area contributed by atoms with Crippen molar-refractivity contribution in [1.29, 1.82) is 0 Å². The van der Waals surface area contributed by atoms with Crippen molar-refractivity contribution in [1.82, 2.24) is 10.3 Å². The molecule has 1 N–H and O–H groups in total. The van der Waals surface area contributed by atoms with E-state index in [0.717, 1.165) is 12.2 Å². The fourth-order valence-corrected chi connectivity index (χ4v) is 3.23. The van der Waals surface area contributed by atoms with Gasteiger partial charge in [-0.25, -0.2) is 0 Å². The topological polar surface area (TPSA) is 34.2 Å². The van der Waals surface area contributed by atoms with E-state index in [9.17, 15) is 0 Å². The van der Waals surface area contributed by atoms with E-state index < -0.39 is 0 Å². The monoisotopic (exact) mass is 262 g/mol. The molecule has 1 saturated heterocycles. The molecule has 1 aromatic heterocycles. The third-order valence-electron chi connectivity index (χ3n) is 4.42. The fourth-order valence-electron chi connectivity index (χ4n) is 3.23. The van der Waals surface area contributed by atoms with Crippen LogP contribution in [0.4, 0.5) is 0 Å². The average Bonchev–Trinajstić information content (AvgIpc) is 2.62. The number of hydrogen-bond donors (Lipinski definition) is 1. The van der Waals surface area contributed by atoms with Crippen LogP contribution < -0.4 is 5.32 Å². The second-order valence-corrected chi connectivity index (χ2v) is 5.75. The van der Waals surface area contributed by atoms with Crippen LogP contribution in [0.3, 0.4) is 0 Å². The molecular formula is C16H26N2O. The minimum Gasteiger partial charge on any atom is -0.375 e. The van der Waals surface area contributed by atoms with Crippen LogP contribution in [0.15, 0.2) is 18.3 Å². The zero-order chi connectivity index (χ0) is 14.0. The highest BCUT2D eigenvalue weighted by atomic mass is 16.5. The van der Waals surface area contributed by atoms with Crippen molar-refractivity contribution in [2.45, 2.75) is 52.9 Å². The predicted molar refractivity (Wildman–Crippen MR) is 78.1 cm³/mol. The van der Waals surface area contributed by atoms with Crippen LogP contribution in [0.25, 0.3) is 0 Å². The second kappa shape index (κ2) is 6.02. The molecule has 3 heteroatoms. The average molecular weight is 262 g/mol. The summed E-state index contributed by atoms with van der Waals surface area (Å²) >= 11 is 0. The van der Waals surface area contributed by atoms with E-state index in [1.807, 2.05) is 13.1 Å². The van der Waals surface area contributed by atoms with E-state index in [0.29, 0.717) is 24.0 Å². The zero-order valence-corrected chi connectivity index (χ0v) is 12.7. The van der Waals surface area contributed by atoms with Gasteiger partial charge in [0, 0.05) is 23.9 Å². The van der Waals surface area contributed by atoms with Crippen LogP contribution in [0.5, 0.6) is 0 Å². The molecular weight excluding hydrogens is 236 g/mol. The molecule has 0 spiro atoms. The number of ether oxygens (including phenoxy) is 1. The Hall–Kier alpha value is -0.930. The molecule has 0 aliphatic carbocycles. The lowest BCUT2D eigenvalue weighted by molar-refractivity contribution is 0.0475. The lowest BCUT2D eigenvalue weighted by Crippen LogP contribution is -2.35. The molecule has 19 heavy (non-hydrogen) atoms. The molecule has 1 fully saturated rings. The van der Waals surface area contributed by atoms with Crippen LogP contribution >= 0.6 is 0 Å². The normalized spacial score (nSPS) is 32.5. The summed E-state index contributed by atoms with van der Waals surface area (Å²) in [6, 6.07) is 4.61. The van der Waals surface area contributed by atoms with Crippen molar-refractivity contribution in [2.75, 3.05) is 6.54 Å². The summed E-state index contributed by atoms with van der Waals surface area (Å²) in [4.78, 5) is 4.44. The maximum absolute atomic E-state index is 6.00. The molecule has 2 heterocycles. The van der Waals surface area contributed by atoms with Crippen LogP contribution in [-0.2, 0) is 4.74 Å². The van der Waals surface area contributed by atoms with Crippen LogP contribution in [0, 0.1) is 18.8 Å². The Labute approximate surface area is 116 Å². The van der Waals surface area contributed by atoms with Gasteiger partial charge in [-0.1, -0.05) is 19.9 Å². The SMILES string of the molecule is CCNC(c1ccc(C)nc1)C1C(C)OC(C)C1C. The highest BCUT2D eigenvalue weighted by Gasteiger charge is 2.41. The van der Waals surface area contributed by atoms with Crippen LogP contribution in [-0.4, -0.2) is 23.7 Å². The molecule has 0 amide bonds. The minimum atomic E-state index is 0.287. The number of hydrogen-bond acceptors (Lipinski definition) is 3. The van der Waals surface area contributed by atoms with Gasteiger partial charge in [0.2, 0.25) is 0 Å². The number of nitrogens with zero attached hydrogens (tertiary/aromatic N) is 1. The predicted octanol–water partition coefficient (Wildman–Crippen LogP) is 3.10. The molecule has 1 aliphatic heterocycles. The van der Waals surface area contributed by atoms with Crippen molar-refractivity contribution in [3.05, 3.63) is 29.6 Å². The van der Waals surface area contributed by atoms with Gasteiger partial charge in [-0.15, -0.1) is 0 Å². The van der Waals surface area contributed by atoms with E-state index in [2.05, 4.69) is 50.1 Å². The Morgan fingerprint density at radius 1 is 1.26 bits per heavy atom. The van der Waals surface area contributed by atoms with Crippen LogP contribution in [0.2, 0.25) is 0 Å². The Morgan fingerprint density at radius 2 is 2.00 bits per heavy atom. The van der Waals surface area contributed by atoms with Gasteiger partial charge in [0.25, 0.3) is 0 Å². The van der Waals surface area contributed by atoms with Crippen LogP contribution in [0.1, 0.15) is 45.0 Å². The maximum Gasteiger partial charge on any atom is 0.0600 e. The van der Waals surface area contributed by atoms with Gasteiger partial charge in [0.05, 0.1) is 12.2 Å². The van der Waals surface area contributed by atoms with E-state index in [4.69, 9.17) is 4.74 Å². The Bertz CT molecular complexity index is 404. The molecule has 0 bridgehead atoms. The van der Waals surface area contributed by atoms with Crippen molar-refractivity contribution in [3.63, 3.8) is 0 Å². The quantitative estimate of drug-likeness (QED) is 0.905. The Balaban J connectivity index is 2.27. The number of rotatable bonds is 4. The first-order valence-electron chi connectivity index (χ1n) is 7.36. The minimum absolute atomic E-state index is 0.287. The lowest BCUT2D eigenvalue weighted by atomic mass is 9.81. The van der Waals surface area contributed by atoms with Gasteiger partial charge in [-0.2, -0.15) is 0 Å². The lowest BCUT2D eigenvalue weighted by Gasteiger charge is -2.30. The second-order valence-electron chi connectivity index (χ2n) is 5.75. The first kappa shape index (κ1) is 14.5. The molecule has 0 radical (unpaired) electrons. The van der Waals surface area contributed by atoms with E-state index in [-0.39, 0.29) is 6.10 Å². The first-order chi connectivity index (χ1) is 9.04. The summed E-state index contributed by atoms with van der Waals surface area (Å²) < 4.78 is 6.00. The number of pyridine rings is 1. The Kier molecular flexibility index (Phi) is 4.58. The van der Waals surface area contributed by atoms with Gasteiger partial charge in [0.15, 0.2) is 0 Å². The van der Waals surface area contributed by atoms with E-state index in [1.54, 1.807) is 0 Å². The highest BCUT2D eigenvalue weighted by molar-refractivity contribution is 5.19. The smallest absolute Gasteiger partial charge is 0.0600 e. The summed E-state index contributed by atoms with van der Waals surface area (Å²) in [6.45, 7) is 11.8. The molecule has 0 saturated carbocycles. The molecule has 5 atom stereocenters. The van der Waals surface area contributed by atoms with Gasteiger partial charge in [-0.3, -0.25) is 4.98 Å². The van der Waals surface area contributed by atoms with Crippen molar-refractivity contribution >= 4 is 0 Å². The third-order valence-corrected chi connectivity index (χ3v) is 4.42. The molecule has 1 aromatic rings. The standard InChI is InChI=1S/C16H26N2O/c1-6-17-16(14-8-7-10(2)18-9-14)15-11(3)12(4)19-13(15)5/h7-9,11-13,15-17H,6H2,1-5H3. The van der Waals surface area contributed by atoms with Gasteiger partial charge in [-0.05, 0) is 44.9 Å². The zero-order valence-electron chi connectivity index (χ0n) is 12.7. The van der Waals surface area contributed by atoms with Gasteiger partial charge in [0.1, 0.15) is 0 Å². The van der Waals surface area contributed by atoms with Crippen molar-refractivity contribution in [2.24, 2.45) is 11.8 Å². The van der Waals surface area contributed by atoms with Crippen molar-refractivity contribution < 1.29 is 4.74 Å². The van der Waals surface area contributed by atoms with E-state index >= 15 is 0 Å². The third kappa shape index (κ3) is 2.98. The van der Waals surface area contributed by atoms with Gasteiger partial charge >= 0.3 is 0 Å². The van der Waals surface area contributed by atoms with E-state index in [1.165, 1.54) is 5.56 Å². The summed E-state index contributed by atoms with van der Waals surface area (Å²) in [5, 5.41) is 3.62. The summed E-state index contributed by atoms with van der Waals surface area (Å²) in [7, 11) is 0. The number of nitrogens with one attached hydrogen (secondary N) is 1. The maximum atomic E-state index is 6.00. The van der Waals surface area contributed by atoms with Gasteiger partial charge < -0.3 is 10.1 Å².